The van der Waals surface area contributed by atoms with Gasteiger partial charge < -0.3 is 0 Å². The molecule has 0 saturated heterocycles. The zero-order valence-electron chi connectivity index (χ0n) is 5.70. The lowest BCUT2D eigenvalue weighted by atomic mass is 10.5. The van der Waals surface area contributed by atoms with Crippen LogP contribution >= 0.6 is 34.3 Å². The molecule has 0 spiro atoms. The molecule has 0 atom stereocenters. The maximum Gasteiger partial charge on any atom is 0.322 e. The number of thiophene rings is 1. The third-order valence-corrected chi connectivity index (χ3v) is 3.49. The molecule has 2 aromatic rings. The molecule has 0 aliphatic heterocycles. The van der Waals surface area contributed by atoms with Crippen molar-refractivity contribution in [3.63, 3.8) is 0 Å². The van der Waals surface area contributed by atoms with Crippen LogP contribution in [0.2, 0.25) is 5.02 Å². The third kappa shape index (κ3) is 1.31. The van der Waals surface area contributed by atoms with Crippen molar-refractivity contribution in [1.29, 1.82) is 0 Å². The van der Waals surface area contributed by atoms with E-state index in [4.69, 9.17) is 11.6 Å². The van der Waals surface area contributed by atoms with Crippen LogP contribution in [0.5, 0.6) is 0 Å². The summed E-state index contributed by atoms with van der Waals surface area (Å²) in [7, 11) is 0. The van der Waals surface area contributed by atoms with Crippen LogP contribution in [-0.4, -0.2) is 10.2 Å². The molecule has 12 heavy (non-hydrogen) atoms. The number of rotatable bonds is 1. The van der Waals surface area contributed by atoms with Crippen LogP contribution in [0, 0.1) is 0 Å². The summed E-state index contributed by atoms with van der Waals surface area (Å²) in [6.45, 7) is 0. The molecule has 0 aliphatic rings. The van der Waals surface area contributed by atoms with Gasteiger partial charge in [0.2, 0.25) is 0 Å². The molecule has 2 aromatic heterocycles. The standard InChI is InChI=1S/C6H3ClN2OS2/c7-3-1-2-11-4(3)5-8-9-6(10)12-5/h1-2H,(H,9,10). The fourth-order valence-corrected chi connectivity index (χ4v) is 2.69. The zero-order valence-corrected chi connectivity index (χ0v) is 8.09. The lowest BCUT2D eigenvalue weighted by Gasteiger charge is -1.86. The van der Waals surface area contributed by atoms with Crippen LogP contribution in [0.25, 0.3) is 9.88 Å². The smallest absolute Gasteiger partial charge is 0.255 e. The molecule has 0 amide bonds. The number of hydrogen-bond acceptors (Lipinski definition) is 4. The van der Waals surface area contributed by atoms with Crippen LogP contribution in [0.4, 0.5) is 0 Å². The molecule has 0 aliphatic carbocycles. The van der Waals surface area contributed by atoms with Gasteiger partial charge in [-0.25, -0.2) is 5.10 Å². The Bertz CT molecular complexity index is 444. The summed E-state index contributed by atoms with van der Waals surface area (Å²) in [6.07, 6.45) is 0. The molecular weight excluding hydrogens is 216 g/mol. The Morgan fingerprint density at radius 1 is 1.58 bits per heavy atom. The molecule has 0 fully saturated rings. The number of H-pyrrole nitrogens is 1. The Hall–Kier alpha value is -0.650. The number of nitrogens with one attached hydrogen (secondary N) is 1. The predicted octanol–water partition coefficient (Wildman–Crippen LogP) is 2.21. The van der Waals surface area contributed by atoms with Gasteiger partial charge in [-0.1, -0.05) is 22.9 Å². The summed E-state index contributed by atoms with van der Waals surface area (Å²) in [6, 6.07) is 1.79. The minimum absolute atomic E-state index is 0.158. The molecule has 0 unspecified atom stereocenters. The second kappa shape index (κ2) is 3.01. The van der Waals surface area contributed by atoms with Gasteiger partial charge >= 0.3 is 4.87 Å². The molecule has 2 heterocycles. The van der Waals surface area contributed by atoms with Crippen molar-refractivity contribution < 1.29 is 0 Å². The Kier molecular flexibility index (Phi) is 2.00. The molecule has 6 heteroatoms. The van der Waals surface area contributed by atoms with Gasteiger partial charge in [-0.15, -0.1) is 11.3 Å². The normalized spacial score (nSPS) is 10.4. The van der Waals surface area contributed by atoms with Gasteiger partial charge in [0.25, 0.3) is 0 Å². The molecule has 62 valence electrons. The highest BCUT2D eigenvalue weighted by molar-refractivity contribution is 7.20. The highest BCUT2D eigenvalue weighted by atomic mass is 35.5. The van der Waals surface area contributed by atoms with Gasteiger partial charge in [-0.2, -0.15) is 5.10 Å². The SMILES string of the molecule is O=c1[nH]nc(-c2sccc2Cl)s1. The van der Waals surface area contributed by atoms with Crippen molar-refractivity contribution in [2.45, 2.75) is 0 Å². The minimum atomic E-state index is -0.158. The lowest BCUT2D eigenvalue weighted by Crippen LogP contribution is -1.90. The molecule has 0 radical (unpaired) electrons. The first-order valence-corrected chi connectivity index (χ1v) is 5.13. The fraction of sp³-hybridized carbons (Fsp3) is 0. The van der Waals surface area contributed by atoms with E-state index >= 15 is 0 Å². The average molecular weight is 219 g/mol. The van der Waals surface area contributed by atoms with E-state index in [1.165, 1.54) is 11.3 Å². The Labute approximate surface area is 80.6 Å². The number of aromatic amines is 1. The van der Waals surface area contributed by atoms with Crippen molar-refractivity contribution in [2.24, 2.45) is 0 Å². The van der Waals surface area contributed by atoms with Crippen LogP contribution < -0.4 is 4.87 Å². The topological polar surface area (TPSA) is 45.8 Å². The highest BCUT2D eigenvalue weighted by Gasteiger charge is 2.08. The molecule has 1 N–H and O–H groups in total. The average Bonchev–Trinajstić information content (AvgIpc) is 2.58. The molecule has 3 nitrogen and oxygen atoms in total. The summed E-state index contributed by atoms with van der Waals surface area (Å²) in [4.78, 5) is 11.4. The summed E-state index contributed by atoms with van der Waals surface area (Å²) in [5.74, 6) is 0. The van der Waals surface area contributed by atoms with Crippen molar-refractivity contribution in [2.75, 3.05) is 0 Å². The van der Waals surface area contributed by atoms with E-state index in [-0.39, 0.29) is 4.87 Å². The summed E-state index contributed by atoms with van der Waals surface area (Å²) >= 11 is 8.38. The molecule has 2 rings (SSSR count). The Balaban J connectivity index is 2.57. The van der Waals surface area contributed by atoms with Crippen molar-refractivity contribution in [3.8, 4) is 9.88 Å². The van der Waals surface area contributed by atoms with E-state index in [1.54, 1.807) is 6.07 Å². The van der Waals surface area contributed by atoms with Gasteiger partial charge in [0.15, 0.2) is 5.01 Å². The van der Waals surface area contributed by atoms with Crippen molar-refractivity contribution in [3.05, 3.63) is 26.1 Å². The maximum atomic E-state index is 10.8. The van der Waals surface area contributed by atoms with E-state index < -0.39 is 0 Å². The third-order valence-electron chi connectivity index (χ3n) is 1.25. The molecular formula is C6H3ClN2OS2. The van der Waals surface area contributed by atoms with Gasteiger partial charge in [0, 0.05) is 0 Å². The van der Waals surface area contributed by atoms with Gasteiger partial charge in [-0.3, -0.25) is 4.79 Å². The van der Waals surface area contributed by atoms with E-state index in [1.807, 2.05) is 5.38 Å². The predicted molar refractivity (Wildman–Crippen MR) is 51.1 cm³/mol. The van der Waals surface area contributed by atoms with E-state index in [0.29, 0.717) is 10.0 Å². The zero-order chi connectivity index (χ0) is 8.55. The van der Waals surface area contributed by atoms with Gasteiger partial charge in [0.05, 0.1) is 9.90 Å². The fourth-order valence-electron chi connectivity index (χ4n) is 0.773. The Morgan fingerprint density at radius 2 is 2.42 bits per heavy atom. The van der Waals surface area contributed by atoms with Gasteiger partial charge in [-0.05, 0) is 11.4 Å². The molecule has 0 bridgehead atoms. The largest absolute Gasteiger partial charge is 0.322 e. The monoisotopic (exact) mass is 218 g/mol. The van der Waals surface area contributed by atoms with Crippen LogP contribution in [0.15, 0.2) is 16.2 Å². The van der Waals surface area contributed by atoms with Gasteiger partial charge in [0.1, 0.15) is 0 Å². The van der Waals surface area contributed by atoms with Crippen LogP contribution in [0.3, 0.4) is 0 Å². The van der Waals surface area contributed by atoms with Crippen molar-refractivity contribution >= 4 is 34.3 Å². The first-order valence-electron chi connectivity index (χ1n) is 3.06. The highest BCUT2D eigenvalue weighted by Crippen LogP contribution is 2.32. The lowest BCUT2D eigenvalue weighted by molar-refractivity contribution is 1.06. The van der Waals surface area contributed by atoms with Crippen LogP contribution in [-0.2, 0) is 0 Å². The number of hydrogen-bond donors (Lipinski definition) is 1. The summed E-state index contributed by atoms with van der Waals surface area (Å²) in [5.41, 5.74) is 0. The van der Waals surface area contributed by atoms with Crippen molar-refractivity contribution in [1.82, 2.24) is 10.2 Å². The number of nitrogens with zero attached hydrogens (tertiary/aromatic N) is 1. The summed E-state index contributed by atoms with van der Waals surface area (Å²) in [5, 5.41) is 9.33. The van der Waals surface area contributed by atoms with Crippen LogP contribution in [0.1, 0.15) is 0 Å². The maximum absolute atomic E-state index is 10.8. The summed E-state index contributed by atoms with van der Waals surface area (Å²) < 4.78 is 0. The van der Waals surface area contributed by atoms with E-state index in [9.17, 15) is 4.79 Å². The quantitative estimate of drug-likeness (QED) is 0.798. The molecule has 0 aromatic carbocycles. The first-order chi connectivity index (χ1) is 5.77. The first kappa shape index (κ1) is 7.97. The second-order valence-corrected chi connectivity index (χ2v) is 4.30. The second-order valence-electron chi connectivity index (χ2n) is 2.02. The Morgan fingerprint density at radius 3 is 2.92 bits per heavy atom. The number of halogens is 1. The molecule has 0 saturated carbocycles. The van der Waals surface area contributed by atoms with E-state index in [2.05, 4.69) is 10.2 Å². The number of aromatic nitrogens is 2. The minimum Gasteiger partial charge on any atom is -0.255 e. The van der Waals surface area contributed by atoms with E-state index in [0.717, 1.165) is 16.2 Å².